The van der Waals surface area contributed by atoms with Gasteiger partial charge in [-0.1, -0.05) is 19.1 Å². The summed E-state index contributed by atoms with van der Waals surface area (Å²) < 4.78 is 8.85. The summed E-state index contributed by atoms with van der Waals surface area (Å²) in [6, 6.07) is 10.4. The average Bonchev–Trinajstić information content (AvgIpc) is 3.54. The molecule has 0 radical (unpaired) electrons. The molecule has 0 spiro atoms. The highest BCUT2D eigenvalue weighted by Crippen LogP contribution is 2.35. The molecule has 2 saturated heterocycles. The van der Waals surface area contributed by atoms with Gasteiger partial charge in [0.05, 0.1) is 41.0 Å². The van der Waals surface area contributed by atoms with E-state index < -0.39 is 0 Å². The van der Waals surface area contributed by atoms with Gasteiger partial charge in [-0.25, -0.2) is 9.97 Å². The highest BCUT2D eigenvalue weighted by molar-refractivity contribution is 7.19. The number of carbonyl (C=O) groups excluding carboxylic acids is 1. The van der Waals surface area contributed by atoms with Gasteiger partial charge in [0.1, 0.15) is 5.82 Å². The van der Waals surface area contributed by atoms with Gasteiger partial charge in [-0.2, -0.15) is 4.98 Å². The summed E-state index contributed by atoms with van der Waals surface area (Å²) >= 11 is 1.75. The number of fused-ring (bicyclic) bond motifs is 2. The second-order valence-corrected chi connectivity index (χ2v) is 11.7. The van der Waals surface area contributed by atoms with E-state index in [2.05, 4.69) is 38.3 Å². The molecule has 38 heavy (non-hydrogen) atoms. The number of hydrogen-bond acceptors (Lipinski definition) is 8. The molecule has 3 fully saturated rings. The molecule has 7 rings (SSSR count). The van der Waals surface area contributed by atoms with Crippen molar-refractivity contribution in [1.82, 2.24) is 29.3 Å². The van der Waals surface area contributed by atoms with E-state index in [9.17, 15) is 4.79 Å². The van der Waals surface area contributed by atoms with E-state index in [4.69, 9.17) is 19.7 Å². The van der Waals surface area contributed by atoms with Crippen LogP contribution in [0.1, 0.15) is 30.5 Å². The Balaban J connectivity index is 1.24. The van der Waals surface area contributed by atoms with Crippen LogP contribution in [-0.2, 0) is 22.5 Å². The summed E-state index contributed by atoms with van der Waals surface area (Å²) in [4.78, 5) is 35.8. The van der Waals surface area contributed by atoms with Crippen LogP contribution in [0, 0.1) is 5.92 Å². The van der Waals surface area contributed by atoms with Gasteiger partial charge >= 0.3 is 0 Å². The molecule has 1 aromatic carbocycles. The lowest BCUT2D eigenvalue weighted by molar-refractivity contribution is -0.136. The van der Waals surface area contributed by atoms with Crippen LogP contribution in [0.5, 0.6) is 0 Å². The van der Waals surface area contributed by atoms with E-state index in [1.165, 1.54) is 17.7 Å². The fraction of sp³-hybridized carbons (Fsp3) is 0.500. The minimum Gasteiger partial charge on any atom is -0.378 e. The Kier molecular flexibility index (Phi) is 6.25. The first-order valence-electron chi connectivity index (χ1n) is 13.8. The highest BCUT2D eigenvalue weighted by Gasteiger charge is 2.30. The fourth-order valence-electron chi connectivity index (χ4n) is 5.57. The number of carbonyl (C=O) groups is 1. The number of hydrogen-bond donors (Lipinski definition) is 0. The third kappa shape index (κ3) is 4.54. The Morgan fingerprint density at radius 3 is 2.66 bits per heavy atom. The number of morpholine rings is 1. The first-order chi connectivity index (χ1) is 18.7. The maximum atomic E-state index is 12.8. The van der Waals surface area contributed by atoms with Crippen molar-refractivity contribution in [1.29, 1.82) is 0 Å². The van der Waals surface area contributed by atoms with Gasteiger partial charge in [0.25, 0.3) is 0 Å². The van der Waals surface area contributed by atoms with Crippen LogP contribution in [0.15, 0.2) is 30.3 Å². The van der Waals surface area contributed by atoms with Crippen molar-refractivity contribution in [2.75, 3.05) is 57.4 Å². The summed E-state index contributed by atoms with van der Waals surface area (Å²) in [7, 11) is 0. The van der Waals surface area contributed by atoms with E-state index in [-0.39, 0.29) is 5.91 Å². The molecular weight excluding hydrogens is 498 g/mol. The van der Waals surface area contributed by atoms with Crippen LogP contribution in [0.4, 0.5) is 5.82 Å². The topological polar surface area (TPSA) is 79.6 Å². The molecule has 5 heterocycles. The number of anilines is 1. The van der Waals surface area contributed by atoms with Crippen molar-refractivity contribution >= 4 is 44.3 Å². The quantitative estimate of drug-likeness (QED) is 0.361. The van der Waals surface area contributed by atoms with E-state index in [1.54, 1.807) is 11.3 Å². The molecule has 0 N–H and O–H groups in total. The van der Waals surface area contributed by atoms with Gasteiger partial charge in [-0.05, 0) is 37.0 Å². The minimum absolute atomic E-state index is 0.263. The van der Waals surface area contributed by atoms with Crippen molar-refractivity contribution in [3.63, 3.8) is 0 Å². The van der Waals surface area contributed by atoms with Gasteiger partial charge in [0, 0.05) is 50.6 Å². The van der Waals surface area contributed by atoms with Crippen LogP contribution < -0.4 is 4.90 Å². The normalized spacial score (nSPS) is 19.2. The van der Waals surface area contributed by atoms with Crippen LogP contribution in [-0.4, -0.2) is 87.7 Å². The van der Waals surface area contributed by atoms with Crippen LogP contribution in [0.2, 0.25) is 0 Å². The standard InChI is InChI=1S/C28H33N7O2S/c1-2-24-29-21-5-3-4-6-23(21)35(24)28-30-22-15-20(38-26(22)27(31-28)33-11-13-37-14-12-33)17-32-9-10-34(25(36)18-32)16-19-7-8-19/h3-6,15,19H,2,7-14,16-18H2,1H3. The molecule has 198 valence electrons. The molecule has 0 bridgehead atoms. The number of ether oxygens (including phenoxy) is 1. The molecule has 10 heteroatoms. The lowest BCUT2D eigenvalue weighted by Crippen LogP contribution is -2.50. The summed E-state index contributed by atoms with van der Waals surface area (Å²) in [5.41, 5.74) is 2.93. The lowest BCUT2D eigenvalue weighted by atomic mass is 10.2. The predicted molar refractivity (Wildman–Crippen MR) is 149 cm³/mol. The van der Waals surface area contributed by atoms with Crippen LogP contribution in [0.25, 0.3) is 27.2 Å². The minimum atomic E-state index is 0.263. The van der Waals surface area contributed by atoms with Crippen LogP contribution >= 0.6 is 11.3 Å². The van der Waals surface area contributed by atoms with E-state index in [0.717, 1.165) is 84.5 Å². The zero-order valence-corrected chi connectivity index (χ0v) is 22.6. The number of thiophene rings is 1. The number of imidazole rings is 1. The summed E-state index contributed by atoms with van der Waals surface area (Å²) in [5.74, 6) is 3.59. The second kappa shape index (κ2) is 9.91. The van der Waals surface area contributed by atoms with Crippen molar-refractivity contribution in [3.8, 4) is 5.95 Å². The largest absolute Gasteiger partial charge is 0.378 e. The molecule has 9 nitrogen and oxygen atoms in total. The maximum Gasteiger partial charge on any atom is 0.238 e. The molecule has 4 aromatic rings. The van der Waals surface area contributed by atoms with Crippen molar-refractivity contribution in [3.05, 3.63) is 41.0 Å². The third-order valence-corrected chi connectivity index (χ3v) is 8.91. The van der Waals surface area contributed by atoms with Gasteiger partial charge in [-0.15, -0.1) is 11.3 Å². The zero-order chi connectivity index (χ0) is 25.6. The number of para-hydroxylation sites is 2. The molecule has 2 aliphatic heterocycles. The zero-order valence-electron chi connectivity index (χ0n) is 21.8. The van der Waals surface area contributed by atoms with E-state index in [1.807, 2.05) is 18.2 Å². The van der Waals surface area contributed by atoms with Crippen LogP contribution in [0.3, 0.4) is 0 Å². The van der Waals surface area contributed by atoms with Crippen molar-refractivity contribution in [2.45, 2.75) is 32.7 Å². The SMILES string of the molecule is CCc1nc2ccccc2n1-c1nc(N2CCOCC2)c2sc(CN3CCN(CC4CC4)C(=O)C3)cc2n1. The Hall–Kier alpha value is -3.08. The van der Waals surface area contributed by atoms with Crippen molar-refractivity contribution in [2.24, 2.45) is 5.92 Å². The number of rotatable bonds is 7. The monoisotopic (exact) mass is 531 g/mol. The Morgan fingerprint density at radius 1 is 1.03 bits per heavy atom. The number of nitrogens with zero attached hydrogens (tertiary/aromatic N) is 7. The van der Waals surface area contributed by atoms with Crippen molar-refractivity contribution < 1.29 is 9.53 Å². The fourth-order valence-corrected chi connectivity index (χ4v) is 6.73. The first-order valence-corrected chi connectivity index (χ1v) is 14.6. The lowest BCUT2D eigenvalue weighted by Gasteiger charge is -2.34. The molecule has 1 amide bonds. The molecular formula is C28H33N7O2S. The second-order valence-electron chi connectivity index (χ2n) is 10.6. The van der Waals surface area contributed by atoms with Gasteiger partial charge in [-0.3, -0.25) is 14.3 Å². The molecule has 3 aliphatic rings. The summed E-state index contributed by atoms with van der Waals surface area (Å²) in [5, 5.41) is 0. The first kappa shape index (κ1) is 24.0. The number of aryl methyl sites for hydroxylation is 1. The summed E-state index contributed by atoms with van der Waals surface area (Å²) in [6.07, 6.45) is 3.34. The molecule has 3 aromatic heterocycles. The van der Waals surface area contributed by atoms with Gasteiger partial charge in [0.2, 0.25) is 11.9 Å². The number of piperazine rings is 1. The molecule has 1 aliphatic carbocycles. The average molecular weight is 532 g/mol. The maximum absolute atomic E-state index is 12.8. The number of benzene rings is 1. The third-order valence-electron chi connectivity index (χ3n) is 7.80. The Labute approximate surface area is 226 Å². The number of aromatic nitrogens is 4. The predicted octanol–water partition coefficient (Wildman–Crippen LogP) is 3.48. The summed E-state index contributed by atoms with van der Waals surface area (Å²) in [6.45, 7) is 9.07. The van der Waals surface area contributed by atoms with E-state index >= 15 is 0 Å². The highest BCUT2D eigenvalue weighted by atomic mass is 32.1. The van der Waals surface area contributed by atoms with Gasteiger partial charge < -0.3 is 14.5 Å². The number of amides is 1. The molecule has 0 atom stereocenters. The van der Waals surface area contributed by atoms with E-state index in [0.29, 0.717) is 25.7 Å². The Bertz CT molecular complexity index is 1490. The molecule has 0 unspecified atom stereocenters. The Morgan fingerprint density at radius 2 is 1.87 bits per heavy atom. The smallest absolute Gasteiger partial charge is 0.238 e. The molecule has 1 saturated carbocycles. The van der Waals surface area contributed by atoms with Gasteiger partial charge in [0.15, 0.2) is 5.82 Å².